The molecule has 0 atom stereocenters. The lowest BCUT2D eigenvalue weighted by atomic mass is 10.4. The molecular weight excluding hydrogens is 208 g/mol. The van der Waals surface area contributed by atoms with Crippen LogP contribution in [0.1, 0.15) is 12.2 Å². The minimum absolute atomic E-state index is 0.204. The van der Waals surface area contributed by atoms with Crippen molar-refractivity contribution >= 4 is 11.7 Å². The van der Waals surface area contributed by atoms with Crippen molar-refractivity contribution in [2.75, 3.05) is 0 Å². The van der Waals surface area contributed by atoms with Crippen molar-refractivity contribution in [2.24, 2.45) is 0 Å². The zero-order chi connectivity index (χ0) is 11.4. The minimum Gasteiger partial charge on any atom is -0.481 e. The highest BCUT2D eigenvalue weighted by atomic mass is 16.4. The molecule has 6 heteroatoms. The van der Waals surface area contributed by atoms with Gasteiger partial charge in [0.25, 0.3) is 0 Å². The van der Waals surface area contributed by atoms with Gasteiger partial charge in [-0.2, -0.15) is 0 Å². The predicted octanol–water partition coefficient (Wildman–Crippen LogP) is 0.657. The van der Waals surface area contributed by atoms with Crippen LogP contribution in [0.25, 0.3) is 5.70 Å². The SMILES string of the molecule is O=C(O)Cc1nnn(C2=CC=CCC=C2)n1. The lowest BCUT2D eigenvalue weighted by molar-refractivity contribution is -0.136. The smallest absolute Gasteiger partial charge is 0.311 e. The van der Waals surface area contributed by atoms with Gasteiger partial charge in [-0.25, -0.2) is 0 Å². The Balaban J connectivity index is 2.21. The number of rotatable bonds is 3. The van der Waals surface area contributed by atoms with Gasteiger partial charge >= 0.3 is 5.97 Å². The van der Waals surface area contributed by atoms with Crippen molar-refractivity contribution in [2.45, 2.75) is 12.8 Å². The van der Waals surface area contributed by atoms with Crippen LogP contribution in [0.4, 0.5) is 0 Å². The summed E-state index contributed by atoms with van der Waals surface area (Å²) >= 11 is 0. The molecule has 0 fully saturated rings. The Kier molecular flexibility index (Phi) is 2.90. The van der Waals surface area contributed by atoms with Crippen LogP contribution < -0.4 is 0 Å². The minimum atomic E-state index is -0.968. The number of nitrogens with zero attached hydrogens (tertiary/aromatic N) is 4. The Morgan fingerprint density at radius 2 is 2.38 bits per heavy atom. The Bertz CT molecular complexity index is 485. The van der Waals surface area contributed by atoms with Gasteiger partial charge in [-0.1, -0.05) is 18.2 Å². The summed E-state index contributed by atoms with van der Waals surface area (Å²) in [6.07, 6.45) is 10.2. The third-order valence-electron chi connectivity index (χ3n) is 1.96. The van der Waals surface area contributed by atoms with E-state index in [-0.39, 0.29) is 12.2 Å². The number of carbonyl (C=O) groups is 1. The normalized spacial score (nSPS) is 14.6. The van der Waals surface area contributed by atoms with Crippen molar-refractivity contribution in [3.05, 3.63) is 36.2 Å². The van der Waals surface area contributed by atoms with Crippen molar-refractivity contribution in [1.82, 2.24) is 20.2 Å². The fraction of sp³-hybridized carbons (Fsp3) is 0.200. The molecule has 82 valence electrons. The predicted molar refractivity (Wildman–Crippen MR) is 56.3 cm³/mol. The first-order valence-corrected chi connectivity index (χ1v) is 4.80. The molecule has 1 aromatic heterocycles. The van der Waals surface area contributed by atoms with Crippen LogP contribution in [0.3, 0.4) is 0 Å². The summed E-state index contributed by atoms with van der Waals surface area (Å²) in [6, 6.07) is 0. The molecule has 1 aliphatic carbocycles. The number of tetrazole rings is 1. The molecule has 0 saturated carbocycles. The van der Waals surface area contributed by atoms with E-state index in [4.69, 9.17) is 5.11 Å². The molecule has 0 spiro atoms. The summed E-state index contributed by atoms with van der Waals surface area (Å²) in [5.74, 6) is -0.764. The van der Waals surface area contributed by atoms with Gasteiger partial charge in [0.15, 0.2) is 5.82 Å². The van der Waals surface area contributed by atoms with Crippen LogP contribution in [0.5, 0.6) is 0 Å². The molecule has 0 aromatic carbocycles. The van der Waals surface area contributed by atoms with Gasteiger partial charge in [0, 0.05) is 0 Å². The highest BCUT2D eigenvalue weighted by Gasteiger charge is 2.08. The molecule has 0 amide bonds. The summed E-state index contributed by atoms with van der Waals surface area (Å²) in [7, 11) is 0. The molecule has 1 heterocycles. The monoisotopic (exact) mass is 218 g/mol. The first-order valence-electron chi connectivity index (χ1n) is 4.80. The van der Waals surface area contributed by atoms with E-state index in [1.165, 1.54) is 4.80 Å². The molecule has 0 bridgehead atoms. The average molecular weight is 218 g/mol. The summed E-state index contributed by atoms with van der Waals surface area (Å²) in [5, 5.41) is 20.0. The fourth-order valence-electron chi connectivity index (χ4n) is 1.26. The maximum atomic E-state index is 10.5. The van der Waals surface area contributed by atoms with E-state index >= 15 is 0 Å². The van der Waals surface area contributed by atoms with Crippen LogP contribution in [0, 0.1) is 0 Å². The van der Waals surface area contributed by atoms with E-state index in [0.29, 0.717) is 0 Å². The third kappa shape index (κ3) is 2.41. The van der Waals surface area contributed by atoms with E-state index in [1.807, 2.05) is 30.4 Å². The molecule has 1 aromatic rings. The largest absolute Gasteiger partial charge is 0.481 e. The quantitative estimate of drug-likeness (QED) is 0.805. The first kappa shape index (κ1) is 10.3. The molecule has 1 aliphatic rings. The molecule has 0 saturated heterocycles. The van der Waals surface area contributed by atoms with E-state index in [2.05, 4.69) is 15.4 Å². The third-order valence-corrected chi connectivity index (χ3v) is 1.96. The second-order valence-electron chi connectivity index (χ2n) is 3.22. The van der Waals surface area contributed by atoms with Crippen LogP contribution in [0.15, 0.2) is 30.4 Å². The van der Waals surface area contributed by atoms with Crippen molar-refractivity contribution in [3.63, 3.8) is 0 Å². The van der Waals surface area contributed by atoms with Crippen LogP contribution in [-0.2, 0) is 11.2 Å². The zero-order valence-corrected chi connectivity index (χ0v) is 8.45. The van der Waals surface area contributed by atoms with Gasteiger partial charge < -0.3 is 5.11 Å². The molecular formula is C10H10N4O2. The molecule has 0 aliphatic heterocycles. The topological polar surface area (TPSA) is 80.9 Å². The summed E-state index contributed by atoms with van der Waals surface area (Å²) in [6.45, 7) is 0. The fourth-order valence-corrected chi connectivity index (χ4v) is 1.26. The maximum Gasteiger partial charge on any atom is 0.311 e. The van der Waals surface area contributed by atoms with Crippen LogP contribution in [0.2, 0.25) is 0 Å². The number of carboxylic acids is 1. The molecule has 2 rings (SSSR count). The molecule has 0 unspecified atom stereocenters. The van der Waals surface area contributed by atoms with Gasteiger partial charge in [0.2, 0.25) is 0 Å². The average Bonchev–Trinajstić information content (AvgIpc) is 2.53. The van der Waals surface area contributed by atoms with E-state index in [1.54, 1.807) is 0 Å². The second kappa shape index (κ2) is 4.52. The van der Waals surface area contributed by atoms with E-state index < -0.39 is 5.97 Å². The first-order chi connectivity index (χ1) is 7.75. The lowest BCUT2D eigenvalue weighted by Gasteiger charge is -1.95. The number of hydrogen-bond donors (Lipinski definition) is 1. The highest BCUT2D eigenvalue weighted by Crippen LogP contribution is 2.07. The van der Waals surface area contributed by atoms with Crippen molar-refractivity contribution in [3.8, 4) is 0 Å². The van der Waals surface area contributed by atoms with Gasteiger partial charge in [-0.3, -0.25) is 4.79 Å². The van der Waals surface area contributed by atoms with Gasteiger partial charge in [0.1, 0.15) is 6.42 Å². The number of allylic oxidation sites excluding steroid dienone is 6. The van der Waals surface area contributed by atoms with Crippen LogP contribution in [-0.4, -0.2) is 31.3 Å². The van der Waals surface area contributed by atoms with Gasteiger partial charge in [-0.15, -0.1) is 15.0 Å². The number of aromatic nitrogens is 4. The number of hydrogen-bond acceptors (Lipinski definition) is 4. The summed E-state index contributed by atoms with van der Waals surface area (Å²) < 4.78 is 0. The Morgan fingerprint density at radius 3 is 3.19 bits per heavy atom. The number of carboxylic acid groups (broad SMARTS) is 1. The van der Waals surface area contributed by atoms with Crippen molar-refractivity contribution < 1.29 is 9.90 Å². The van der Waals surface area contributed by atoms with Crippen LogP contribution >= 0.6 is 0 Å². The standard InChI is InChI=1S/C10H10N4O2/c15-10(16)7-9-11-13-14(12-9)8-5-3-1-2-4-6-8/h1,3-6H,2,7H2,(H,15,16). The molecule has 1 N–H and O–H groups in total. The Labute approximate surface area is 91.6 Å². The number of aliphatic carboxylic acids is 1. The summed E-state index contributed by atoms with van der Waals surface area (Å²) in [5.41, 5.74) is 0.762. The Hall–Kier alpha value is -2.24. The van der Waals surface area contributed by atoms with Gasteiger partial charge in [-0.05, 0) is 23.8 Å². The molecule has 0 radical (unpaired) electrons. The van der Waals surface area contributed by atoms with E-state index in [9.17, 15) is 4.79 Å². The summed E-state index contributed by atoms with van der Waals surface area (Å²) in [4.78, 5) is 11.8. The van der Waals surface area contributed by atoms with E-state index in [0.717, 1.165) is 12.1 Å². The molecule has 6 nitrogen and oxygen atoms in total. The maximum absolute atomic E-state index is 10.5. The Morgan fingerprint density at radius 1 is 1.50 bits per heavy atom. The molecule has 16 heavy (non-hydrogen) atoms. The highest BCUT2D eigenvalue weighted by molar-refractivity contribution is 5.69. The zero-order valence-electron chi connectivity index (χ0n) is 8.45. The second-order valence-corrected chi connectivity index (χ2v) is 3.22. The van der Waals surface area contributed by atoms with Crippen molar-refractivity contribution in [1.29, 1.82) is 0 Å². The van der Waals surface area contributed by atoms with Gasteiger partial charge in [0.05, 0.1) is 5.70 Å². The lowest BCUT2D eigenvalue weighted by Crippen LogP contribution is -2.03.